The lowest BCUT2D eigenvalue weighted by atomic mass is 9.54. The van der Waals surface area contributed by atoms with E-state index in [1.807, 2.05) is 27.7 Å². The molecule has 1 rings (SSSR count). The maximum Gasteiger partial charge on any atom is 0.309 e. The molecule has 1 fully saturated rings. The van der Waals surface area contributed by atoms with Gasteiger partial charge < -0.3 is 9.53 Å². The van der Waals surface area contributed by atoms with Gasteiger partial charge in [-0.15, -0.1) is 0 Å². The van der Waals surface area contributed by atoms with E-state index in [2.05, 4.69) is 0 Å². The summed E-state index contributed by atoms with van der Waals surface area (Å²) in [7, 11) is 1.43. The second-order valence-electron chi connectivity index (χ2n) is 6.24. The fourth-order valence-electron chi connectivity index (χ4n) is 3.57. The molecule has 0 aromatic carbocycles. The minimum Gasteiger partial charge on any atom is -0.469 e. The van der Waals surface area contributed by atoms with E-state index in [-0.39, 0.29) is 28.6 Å². The summed E-state index contributed by atoms with van der Waals surface area (Å²) in [5.74, 6) is -0.230. The molecule has 0 spiro atoms. The third-order valence-electron chi connectivity index (χ3n) is 3.77. The number of esters is 1. The number of hydrogen-bond donors (Lipinski definition) is 0. The first-order chi connectivity index (χ1) is 7.24. The van der Waals surface area contributed by atoms with Crippen LogP contribution in [-0.4, -0.2) is 19.4 Å². The van der Waals surface area contributed by atoms with Gasteiger partial charge in [-0.25, -0.2) is 0 Å². The van der Waals surface area contributed by atoms with Crippen molar-refractivity contribution in [1.82, 2.24) is 0 Å². The Morgan fingerprint density at radius 2 is 1.62 bits per heavy atom. The van der Waals surface area contributed by atoms with Crippen molar-refractivity contribution < 1.29 is 14.3 Å². The van der Waals surface area contributed by atoms with Crippen molar-refractivity contribution in [3.8, 4) is 0 Å². The minimum atomic E-state index is -0.180. The molecular formula is C13H22O3. The summed E-state index contributed by atoms with van der Waals surface area (Å²) in [4.78, 5) is 22.8. The predicted molar refractivity (Wildman–Crippen MR) is 61.9 cm³/mol. The van der Waals surface area contributed by atoms with E-state index in [0.717, 1.165) is 19.1 Å². The molecule has 0 heterocycles. The molecule has 92 valence electrons. The fraction of sp³-hybridized carbons (Fsp3) is 0.846. The quantitative estimate of drug-likeness (QED) is 0.536. The number of hydrogen-bond acceptors (Lipinski definition) is 3. The molecule has 3 nitrogen and oxygen atoms in total. The number of ether oxygens (including phenoxy) is 1. The maximum absolute atomic E-state index is 11.9. The van der Waals surface area contributed by atoms with E-state index >= 15 is 0 Å². The van der Waals surface area contributed by atoms with Gasteiger partial charge in [-0.05, 0) is 23.7 Å². The number of carbonyl (C=O) groups excluding carboxylic acids is 2. The molecule has 0 saturated heterocycles. The zero-order chi connectivity index (χ0) is 12.6. The molecule has 0 aromatic heterocycles. The first kappa shape index (κ1) is 13.2. The smallest absolute Gasteiger partial charge is 0.309 e. The zero-order valence-electron chi connectivity index (χ0n) is 10.9. The van der Waals surface area contributed by atoms with Gasteiger partial charge >= 0.3 is 5.97 Å². The van der Waals surface area contributed by atoms with Crippen molar-refractivity contribution in [3.63, 3.8) is 0 Å². The normalized spacial score (nSPS) is 31.8. The van der Waals surface area contributed by atoms with E-state index < -0.39 is 0 Å². The summed E-state index contributed by atoms with van der Waals surface area (Å²) < 4.78 is 4.90. The Bertz CT molecular complexity index is 274. The highest BCUT2D eigenvalue weighted by Gasteiger charge is 2.51. The second-order valence-corrected chi connectivity index (χ2v) is 6.24. The van der Waals surface area contributed by atoms with Gasteiger partial charge in [0.1, 0.15) is 6.29 Å². The van der Waals surface area contributed by atoms with Crippen LogP contribution in [0.2, 0.25) is 0 Å². The third-order valence-corrected chi connectivity index (χ3v) is 3.77. The summed E-state index contributed by atoms with van der Waals surface area (Å²) in [6.07, 6.45) is 2.55. The van der Waals surface area contributed by atoms with Crippen molar-refractivity contribution >= 4 is 12.3 Å². The highest BCUT2D eigenvalue weighted by molar-refractivity contribution is 5.74. The third kappa shape index (κ3) is 2.28. The van der Waals surface area contributed by atoms with Crippen LogP contribution < -0.4 is 0 Å². The molecule has 0 bridgehead atoms. The Labute approximate surface area is 97.5 Å². The largest absolute Gasteiger partial charge is 0.469 e. The monoisotopic (exact) mass is 226 g/mol. The number of methoxy groups -OCH3 is 1. The van der Waals surface area contributed by atoms with Gasteiger partial charge in [-0.3, -0.25) is 4.79 Å². The summed E-state index contributed by atoms with van der Waals surface area (Å²) >= 11 is 0. The molecule has 0 aliphatic heterocycles. The van der Waals surface area contributed by atoms with Gasteiger partial charge in [0.2, 0.25) is 0 Å². The van der Waals surface area contributed by atoms with E-state index in [0.29, 0.717) is 0 Å². The molecule has 0 unspecified atom stereocenters. The van der Waals surface area contributed by atoms with E-state index in [9.17, 15) is 9.59 Å². The van der Waals surface area contributed by atoms with Crippen molar-refractivity contribution in [2.45, 2.75) is 40.5 Å². The van der Waals surface area contributed by atoms with E-state index in [1.54, 1.807) is 0 Å². The van der Waals surface area contributed by atoms with Crippen LogP contribution in [0.15, 0.2) is 0 Å². The molecule has 0 radical (unpaired) electrons. The van der Waals surface area contributed by atoms with Crippen LogP contribution in [0.5, 0.6) is 0 Å². The van der Waals surface area contributed by atoms with Gasteiger partial charge in [0.15, 0.2) is 0 Å². The first-order valence-electron chi connectivity index (χ1n) is 5.78. The summed E-state index contributed by atoms with van der Waals surface area (Å²) in [6.45, 7) is 8.19. The van der Waals surface area contributed by atoms with E-state index in [1.165, 1.54) is 7.11 Å². The van der Waals surface area contributed by atoms with Gasteiger partial charge in [0, 0.05) is 5.92 Å². The molecule has 0 atom stereocenters. The fourth-order valence-corrected chi connectivity index (χ4v) is 3.57. The Kier molecular flexibility index (Phi) is 3.46. The standard InChI is InChI=1S/C13H22O3/c1-12(2)6-9(8-14)7-13(3,4)10(12)11(15)16-5/h8-10H,6-7H2,1-5H3. The van der Waals surface area contributed by atoms with Crippen LogP contribution in [0, 0.1) is 22.7 Å². The highest BCUT2D eigenvalue weighted by Crippen LogP contribution is 2.52. The zero-order valence-corrected chi connectivity index (χ0v) is 10.9. The van der Waals surface area contributed by atoms with Crippen LogP contribution >= 0.6 is 0 Å². The van der Waals surface area contributed by atoms with Crippen molar-refractivity contribution in [3.05, 3.63) is 0 Å². The molecule has 0 amide bonds. The molecule has 16 heavy (non-hydrogen) atoms. The van der Waals surface area contributed by atoms with Gasteiger partial charge in [0.25, 0.3) is 0 Å². The summed E-state index contributed by atoms with van der Waals surface area (Å²) in [5.41, 5.74) is -0.360. The van der Waals surface area contributed by atoms with Crippen molar-refractivity contribution in [2.75, 3.05) is 7.11 Å². The van der Waals surface area contributed by atoms with Crippen LogP contribution in [0.1, 0.15) is 40.5 Å². The van der Waals surface area contributed by atoms with Crippen molar-refractivity contribution in [2.24, 2.45) is 22.7 Å². The molecule has 0 N–H and O–H groups in total. The van der Waals surface area contributed by atoms with Gasteiger partial charge in [-0.1, -0.05) is 27.7 Å². The average molecular weight is 226 g/mol. The summed E-state index contributed by atoms with van der Waals surface area (Å²) in [6, 6.07) is 0. The number of aldehydes is 1. The minimum absolute atomic E-state index is 0.0610. The Morgan fingerprint density at radius 3 is 1.94 bits per heavy atom. The topological polar surface area (TPSA) is 43.4 Å². The van der Waals surface area contributed by atoms with Crippen LogP contribution in [0.25, 0.3) is 0 Å². The lowest BCUT2D eigenvalue weighted by molar-refractivity contribution is -0.162. The molecule has 1 aliphatic carbocycles. The highest BCUT2D eigenvalue weighted by atomic mass is 16.5. The SMILES string of the molecule is COC(=O)C1C(C)(C)CC(C=O)CC1(C)C. The average Bonchev–Trinajstić information content (AvgIpc) is 2.13. The van der Waals surface area contributed by atoms with Crippen molar-refractivity contribution in [1.29, 1.82) is 0 Å². The van der Waals surface area contributed by atoms with Gasteiger partial charge in [-0.2, -0.15) is 0 Å². The van der Waals surface area contributed by atoms with Crippen LogP contribution in [-0.2, 0) is 14.3 Å². The molecule has 0 aromatic rings. The number of carbonyl (C=O) groups is 2. The Morgan fingerprint density at radius 1 is 1.19 bits per heavy atom. The number of rotatable bonds is 2. The molecule has 3 heteroatoms. The summed E-state index contributed by atoms with van der Waals surface area (Å²) in [5, 5.41) is 0. The predicted octanol–water partition coefficient (Wildman–Crippen LogP) is 2.44. The van der Waals surface area contributed by atoms with E-state index in [4.69, 9.17) is 4.74 Å². The van der Waals surface area contributed by atoms with Crippen LogP contribution in [0.3, 0.4) is 0 Å². The second kappa shape index (κ2) is 4.19. The lowest BCUT2D eigenvalue weighted by Crippen LogP contribution is -2.48. The maximum atomic E-state index is 11.9. The molecular weight excluding hydrogens is 204 g/mol. The molecule has 1 aliphatic rings. The Hall–Kier alpha value is -0.860. The lowest BCUT2D eigenvalue weighted by Gasteiger charge is -2.49. The molecule has 1 saturated carbocycles. The Balaban J connectivity index is 3.05. The first-order valence-corrected chi connectivity index (χ1v) is 5.78. The van der Waals surface area contributed by atoms with Gasteiger partial charge in [0.05, 0.1) is 13.0 Å². The van der Waals surface area contributed by atoms with Crippen LogP contribution in [0.4, 0.5) is 0 Å².